The number of rotatable bonds is 8. The summed E-state index contributed by atoms with van der Waals surface area (Å²) in [4.78, 5) is 0. The molecular formula is C28H30O6. The van der Waals surface area contributed by atoms with E-state index >= 15 is 0 Å². The average molecular weight is 463 g/mol. The molecule has 1 unspecified atom stereocenters. The summed E-state index contributed by atoms with van der Waals surface area (Å²) in [7, 11) is 1.62. The van der Waals surface area contributed by atoms with Crippen LogP contribution >= 0.6 is 0 Å². The Kier molecular flexibility index (Phi) is 7.65. The first kappa shape index (κ1) is 23.2. The highest BCUT2D eigenvalue weighted by Gasteiger charge is 2.51. The van der Waals surface area contributed by atoms with Gasteiger partial charge in [0.1, 0.15) is 24.4 Å². The lowest BCUT2D eigenvalue weighted by molar-refractivity contribution is -0.369. The molecule has 5 rings (SSSR count). The van der Waals surface area contributed by atoms with Crippen LogP contribution in [0.4, 0.5) is 0 Å². The molecule has 0 radical (unpaired) electrons. The maximum absolute atomic E-state index is 6.49. The molecule has 178 valence electrons. The third-order valence-electron chi connectivity index (χ3n) is 6.16. The largest absolute Gasteiger partial charge is 0.368 e. The van der Waals surface area contributed by atoms with Crippen LogP contribution in [0.2, 0.25) is 0 Å². The Morgan fingerprint density at radius 3 is 1.85 bits per heavy atom. The molecule has 0 spiro atoms. The van der Waals surface area contributed by atoms with E-state index in [0.717, 1.165) is 16.7 Å². The molecule has 2 heterocycles. The van der Waals surface area contributed by atoms with Gasteiger partial charge < -0.3 is 28.4 Å². The van der Waals surface area contributed by atoms with Crippen molar-refractivity contribution in [3.63, 3.8) is 0 Å². The minimum Gasteiger partial charge on any atom is -0.368 e. The monoisotopic (exact) mass is 462 g/mol. The second kappa shape index (κ2) is 11.2. The summed E-state index contributed by atoms with van der Waals surface area (Å²) in [5.41, 5.74) is 3.10. The maximum Gasteiger partial charge on any atom is 0.186 e. The fourth-order valence-corrected chi connectivity index (χ4v) is 4.42. The average Bonchev–Trinajstić information content (AvgIpc) is 2.91. The van der Waals surface area contributed by atoms with Crippen molar-refractivity contribution >= 4 is 0 Å². The predicted molar refractivity (Wildman–Crippen MR) is 126 cm³/mol. The molecule has 2 aliphatic rings. The predicted octanol–water partition coefficient (Wildman–Crippen LogP) is 4.64. The lowest BCUT2D eigenvalue weighted by atomic mass is 9.97. The molecule has 6 nitrogen and oxygen atoms in total. The third-order valence-corrected chi connectivity index (χ3v) is 6.16. The SMILES string of the molecule is CO[C@H]1O[C@@H]2COC(c3ccccc3)O[C@H]2[C@@H](OCc2ccccc2)[C@H]1OCc1ccccc1. The fourth-order valence-electron chi connectivity index (χ4n) is 4.42. The first-order chi connectivity index (χ1) is 16.8. The van der Waals surface area contributed by atoms with Crippen LogP contribution in [0, 0.1) is 0 Å². The number of benzene rings is 3. The lowest BCUT2D eigenvalue weighted by Crippen LogP contribution is -2.63. The summed E-state index contributed by atoms with van der Waals surface area (Å²) in [5, 5.41) is 0. The van der Waals surface area contributed by atoms with Crippen molar-refractivity contribution in [1.29, 1.82) is 0 Å². The van der Waals surface area contributed by atoms with E-state index in [0.29, 0.717) is 19.8 Å². The van der Waals surface area contributed by atoms with Crippen LogP contribution < -0.4 is 0 Å². The Morgan fingerprint density at radius 2 is 1.26 bits per heavy atom. The number of hydrogen-bond donors (Lipinski definition) is 0. The zero-order chi connectivity index (χ0) is 23.2. The van der Waals surface area contributed by atoms with E-state index in [9.17, 15) is 0 Å². The van der Waals surface area contributed by atoms with E-state index in [1.54, 1.807) is 7.11 Å². The molecule has 6 heteroatoms. The van der Waals surface area contributed by atoms with Gasteiger partial charge in [-0.3, -0.25) is 0 Å². The number of fused-ring (bicyclic) bond motifs is 1. The molecule has 0 aromatic heterocycles. The molecule has 0 N–H and O–H groups in total. The molecule has 3 aromatic carbocycles. The molecular weight excluding hydrogens is 432 g/mol. The first-order valence-corrected chi connectivity index (χ1v) is 11.6. The molecule has 0 aliphatic carbocycles. The van der Waals surface area contributed by atoms with Crippen molar-refractivity contribution in [3.8, 4) is 0 Å². The molecule has 34 heavy (non-hydrogen) atoms. The molecule has 0 bridgehead atoms. The van der Waals surface area contributed by atoms with Crippen molar-refractivity contribution in [1.82, 2.24) is 0 Å². The molecule has 0 amide bonds. The zero-order valence-corrected chi connectivity index (χ0v) is 19.2. The molecule has 2 saturated heterocycles. The van der Waals surface area contributed by atoms with Crippen LogP contribution in [0.3, 0.4) is 0 Å². The van der Waals surface area contributed by atoms with Gasteiger partial charge in [0, 0.05) is 12.7 Å². The second-order valence-corrected chi connectivity index (χ2v) is 8.48. The van der Waals surface area contributed by atoms with Gasteiger partial charge in [-0.1, -0.05) is 91.0 Å². The Hall–Kier alpha value is -2.58. The van der Waals surface area contributed by atoms with E-state index < -0.39 is 24.8 Å². The lowest BCUT2D eigenvalue weighted by Gasteiger charge is -2.48. The van der Waals surface area contributed by atoms with Gasteiger partial charge in [-0.25, -0.2) is 0 Å². The smallest absolute Gasteiger partial charge is 0.186 e. The fraction of sp³-hybridized carbons (Fsp3) is 0.357. The summed E-state index contributed by atoms with van der Waals surface area (Å²) >= 11 is 0. The van der Waals surface area contributed by atoms with Crippen molar-refractivity contribution in [2.75, 3.05) is 13.7 Å². The van der Waals surface area contributed by atoms with Crippen molar-refractivity contribution in [3.05, 3.63) is 108 Å². The highest BCUT2D eigenvalue weighted by molar-refractivity contribution is 5.17. The first-order valence-electron chi connectivity index (χ1n) is 11.6. The minimum atomic E-state index is -0.605. The maximum atomic E-state index is 6.49. The number of ether oxygens (including phenoxy) is 6. The second-order valence-electron chi connectivity index (χ2n) is 8.48. The highest BCUT2D eigenvalue weighted by Crippen LogP contribution is 2.37. The standard InChI is InChI=1S/C28H30O6/c1-29-28-26(31-18-21-13-7-3-8-14-21)25(30-17-20-11-5-2-6-12-20)24-23(33-28)19-32-27(34-24)22-15-9-4-10-16-22/h2-16,23-28H,17-19H2,1H3/t23-,24-,25-,26-,27?,28+/m1/s1. The van der Waals surface area contributed by atoms with Crippen molar-refractivity contribution in [2.24, 2.45) is 0 Å². The van der Waals surface area contributed by atoms with Crippen LogP contribution in [-0.2, 0) is 41.6 Å². The van der Waals surface area contributed by atoms with Gasteiger partial charge in [0.2, 0.25) is 0 Å². The van der Waals surface area contributed by atoms with Crippen LogP contribution in [-0.4, -0.2) is 44.4 Å². The summed E-state index contributed by atoms with van der Waals surface area (Å²) < 4.78 is 37.2. The Labute approximate surface area is 200 Å². The summed E-state index contributed by atoms with van der Waals surface area (Å²) in [5.74, 6) is 0. The summed E-state index contributed by atoms with van der Waals surface area (Å²) in [6.45, 7) is 1.22. The number of methoxy groups -OCH3 is 1. The van der Waals surface area contributed by atoms with E-state index in [2.05, 4.69) is 0 Å². The van der Waals surface area contributed by atoms with Gasteiger partial charge in [-0.05, 0) is 11.1 Å². The summed E-state index contributed by atoms with van der Waals surface area (Å²) in [6.07, 6.45) is -2.71. The van der Waals surface area contributed by atoms with Crippen LogP contribution in [0.5, 0.6) is 0 Å². The molecule has 2 fully saturated rings. The Balaban J connectivity index is 1.39. The summed E-state index contributed by atoms with van der Waals surface area (Å²) in [6, 6.07) is 30.0. The molecule has 2 aliphatic heterocycles. The quantitative estimate of drug-likeness (QED) is 0.486. The van der Waals surface area contributed by atoms with Crippen molar-refractivity contribution < 1.29 is 28.4 Å². The third kappa shape index (κ3) is 5.39. The van der Waals surface area contributed by atoms with Gasteiger partial charge in [0.05, 0.1) is 19.8 Å². The highest BCUT2D eigenvalue weighted by atomic mass is 16.8. The van der Waals surface area contributed by atoms with E-state index in [1.807, 2.05) is 91.0 Å². The van der Waals surface area contributed by atoms with E-state index in [1.165, 1.54) is 0 Å². The normalized spacial score (nSPS) is 28.9. The van der Waals surface area contributed by atoms with Gasteiger partial charge in [0.15, 0.2) is 12.6 Å². The van der Waals surface area contributed by atoms with E-state index in [4.69, 9.17) is 28.4 Å². The molecule has 0 saturated carbocycles. The van der Waals surface area contributed by atoms with Gasteiger partial charge in [-0.15, -0.1) is 0 Å². The minimum absolute atomic E-state index is 0.331. The van der Waals surface area contributed by atoms with E-state index in [-0.39, 0.29) is 12.2 Å². The Bertz CT molecular complexity index is 993. The zero-order valence-electron chi connectivity index (χ0n) is 19.2. The van der Waals surface area contributed by atoms with Crippen LogP contribution in [0.15, 0.2) is 91.0 Å². The van der Waals surface area contributed by atoms with Crippen molar-refractivity contribution in [2.45, 2.75) is 50.2 Å². The Morgan fingerprint density at radius 1 is 0.706 bits per heavy atom. The number of hydrogen-bond acceptors (Lipinski definition) is 6. The van der Waals surface area contributed by atoms with Gasteiger partial charge in [0.25, 0.3) is 0 Å². The molecule has 6 atom stereocenters. The topological polar surface area (TPSA) is 55.4 Å². The van der Waals surface area contributed by atoms with Gasteiger partial charge in [-0.2, -0.15) is 0 Å². The van der Waals surface area contributed by atoms with Gasteiger partial charge >= 0.3 is 0 Å². The van der Waals surface area contributed by atoms with Crippen LogP contribution in [0.25, 0.3) is 0 Å². The molecule has 3 aromatic rings. The van der Waals surface area contributed by atoms with Crippen LogP contribution in [0.1, 0.15) is 23.0 Å².